The Kier molecular flexibility index (Phi) is 2.92. The van der Waals surface area contributed by atoms with Crippen LogP contribution in [0.15, 0.2) is 41.8 Å². The van der Waals surface area contributed by atoms with E-state index >= 15 is 0 Å². The number of aromatic nitrogens is 2. The van der Waals surface area contributed by atoms with Gasteiger partial charge in [0.15, 0.2) is 0 Å². The van der Waals surface area contributed by atoms with Crippen molar-refractivity contribution in [1.29, 1.82) is 0 Å². The highest BCUT2D eigenvalue weighted by molar-refractivity contribution is 6.31. The largest absolute Gasteiger partial charge is 0.398 e. The fourth-order valence-corrected chi connectivity index (χ4v) is 1.54. The monoisotopic (exact) mass is 234 g/mol. The van der Waals surface area contributed by atoms with Crippen molar-refractivity contribution in [3.63, 3.8) is 0 Å². The summed E-state index contributed by atoms with van der Waals surface area (Å²) in [6, 6.07) is 7.11. The molecule has 0 fully saturated rings. The second-order valence-electron chi connectivity index (χ2n) is 3.34. The van der Waals surface area contributed by atoms with Gasteiger partial charge in [0.05, 0.1) is 18.1 Å². The molecule has 0 amide bonds. The van der Waals surface area contributed by atoms with Crippen LogP contribution >= 0.6 is 11.6 Å². The number of nitrogens with zero attached hydrogens (tertiary/aromatic N) is 3. The third kappa shape index (κ3) is 2.23. The first kappa shape index (κ1) is 10.7. The second-order valence-corrected chi connectivity index (χ2v) is 3.78. The summed E-state index contributed by atoms with van der Waals surface area (Å²) in [6.07, 6.45) is 3.42. The van der Waals surface area contributed by atoms with E-state index in [9.17, 15) is 0 Å². The van der Waals surface area contributed by atoms with E-state index < -0.39 is 0 Å². The average Bonchev–Trinajstić information content (AvgIpc) is 2.74. The molecule has 0 atom stereocenters. The normalized spacial score (nSPS) is 11.8. The highest BCUT2D eigenvalue weighted by Crippen LogP contribution is 2.18. The van der Waals surface area contributed by atoms with Crippen molar-refractivity contribution in [2.75, 3.05) is 5.73 Å². The Balaban J connectivity index is 2.40. The van der Waals surface area contributed by atoms with Gasteiger partial charge in [-0.15, -0.1) is 0 Å². The van der Waals surface area contributed by atoms with Gasteiger partial charge in [0.1, 0.15) is 0 Å². The van der Waals surface area contributed by atoms with Gasteiger partial charge in [-0.1, -0.05) is 11.6 Å². The van der Waals surface area contributed by atoms with Gasteiger partial charge >= 0.3 is 0 Å². The number of halogens is 1. The van der Waals surface area contributed by atoms with Crippen LogP contribution in [-0.2, 0) is 0 Å². The second kappa shape index (κ2) is 4.37. The van der Waals surface area contributed by atoms with Gasteiger partial charge in [0.25, 0.3) is 0 Å². The molecule has 4 nitrogen and oxygen atoms in total. The first-order valence-electron chi connectivity index (χ1n) is 4.77. The van der Waals surface area contributed by atoms with E-state index in [0.717, 1.165) is 11.3 Å². The SMILES string of the molecule is C/C(=N\n1cccn1)c1cc(Cl)ccc1N. The Hall–Kier alpha value is -1.81. The number of rotatable bonds is 2. The maximum absolute atomic E-state index is 5.91. The minimum Gasteiger partial charge on any atom is -0.398 e. The molecule has 0 saturated carbocycles. The predicted molar refractivity (Wildman–Crippen MR) is 65.7 cm³/mol. The molecule has 0 radical (unpaired) electrons. The molecule has 0 bridgehead atoms. The van der Waals surface area contributed by atoms with E-state index in [2.05, 4.69) is 10.2 Å². The maximum Gasteiger partial charge on any atom is 0.0692 e. The Morgan fingerprint density at radius 3 is 3.00 bits per heavy atom. The Morgan fingerprint density at radius 2 is 2.31 bits per heavy atom. The number of anilines is 1. The molecule has 16 heavy (non-hydrogen) atoms. The summed E-state index contributed by atoms with van der Waals surface area (Å²) in [5, 5.41) is 8.90. The minimum atomic E-state index is 0.638. The molecule has 1 aromatic carbocycles. The van der Waals surface area contributed by atoms with Crippen LogP contribution in [0.2, 0.25) is 5.02 Å². The molecule has 0 unspecified atom stereocenters. The Labute approximate surface area is 98.3 Å². The summed E-state index contributed by atoms with van der Waals surface area (Å²) in [6.45, 7) is 1.86. The van der Waals surface area contributed by atoms with Crippen LogP contribution in [0, 0.1) is 0 Å². The highest BCUT2D eigenvalue weighted by atomic mass is 35.5. The summed E-state index contributed by atoms with van der Waals surface area (Å²) in [7, 11) is 0. The van der Waals surface area contributed by atoms with E-state index in [1.54, 1.807) is 36.7 Å². The van der Waals surface area contributed by atoms with Crippen LogP contribution in [0.5, 0.6) is 0 Å². The first-order valence-corrected chi connectivity index (χ1v) is 5.15. The van der Waals surface area contributed by atoms with Crippen LogP contribution in [0.25, 0.3) is 0 Å². The number of benzene rings is 1. The summed E-state index contributed by atoms with van der Waals surface area (Å²) < 4.78 is 0. The van der Waals surface area contributed by atoms with Gasteiger partial charge in [-0.3, -0.25) is 0 Å². The Morgan fingerprint density at radius 1 is 1.50 bits per heavy atom. The zero-order valence-corrected chi connectivity index (χ0v) is 9.52. The third-order valence-corrected chi connectivity index (χ3v) is 2.38. The molecule has 82 valence electrons. The smallest absolute Gasteiger partial charge is 0.0692 e. The van der Waals surface area contributed by atoms with Gasteiger partial charge in [-0.05, 0) is 31.2 Å². The van der Waals surface area contributed by atoms with E-state index in [0.29, 0.717) is 10.7 Å². The maximum atomic E-state index is 5.91. The van der Waals surface area contributed by atoms with Gasteiger partial charge < -0.3 is 5.73 Å². The molecule has 1 aromatic heterocycles. The van der Waals surface area contributed by atoms with Crippen molar-refractivity contribution in [1.82, 2.24) is 9.89 Å². The van der Waals surface area contributed by atoms with E-state index in [1.807, 2.05) is 6.92 Å². The molecule has 0 aliphatic rings. The van der Waals surface area contributed by atoms with E-state index in [4.69, 9.17) is 17.3 Å². The molecule has 0 spiro atoms. The van der Waals surface area contributed by atoms with E-state index in [1.165, 1.54) is 4.79 Å². The molecule has 0 aliphatic heterocycles. The first-order chi connectivity index (χ1) is 7.66. The quantitative estimate of drug-likeness (QED) is 0.641. The summed E-state index contributed by atoms with van der Waals surface area (Å²) in [5.74, 6) is 0. The van der Waals surface area contributed by atoms with Crippen molar-refractivity contribution in [2.24, 2.45) is 5.10 Å². The lowest BCUT2D eigenvalue weighted by Gasteiger charge is -2.05. The molecule has 2 N–H and O–H groups in total. The summed E-state index contributed by atoms with van der Waals surface area (Å²) in [4.78, 5) is 1.48. The van der Waals surface area contributed by atoms with E-state index in [-0.39, 0.29) is 0 Å². The standard InChI is InChI=1S/C11H11ClN4/c1-8(15-16-6-2-5-14-16)10-7-9(12)3-4-11(10)13/h2-7H,13H2,1H3/b15-8+. The lowest BCUT2D eigenvalue weighted by Crippen LogP contribution is -2.03. The summed E-state index contributed by atoms with van der Waals surface area (Å²) in [5.41, 5.74) is 8.09. The fraction of sp³-hybridized carbons (Fsp3) is 0.0909. The molecular formula is C11H11ClN4. The van der Waals surface area contributed by atoms with Gasteiger partial charge in [0.2, 0.25) is 0 Å². The van der Waals surface area contributed by atoms with Crippen molar-refractivity contribution in [3.8, 4) is 0 Å². The minimum absolute atomic E-state index is 0.638. The van der Waals surface area contributed by atoms with Crippen molar-refractivity contribution >= 4 is 23.0 Å². The zero-order chi connectivity index (χ0) is 11.5. The van der Waals surface area contributed by atoms with Crippen LogP contribution in [-0.4, -0.2) is 15.6 Å². The molecular weight excluding hydrogens is 224 g/mol. The van der Waals surface area contributed by atoms with Crippen LogP contribution in [0.3, 0.4) is 0 Å². The van der Waals surface area contributed by atoms with Crippen LogP contribution in [0.1, 0.15) is 12.5 Å². The molecule has 1 heterocycles. The molecule has 2 aromatic rings. The summed E-state index contributed by atoms with van der Waals surface area (Å²) >= 11 is 5.91. The van der Waals surface area contributed by atoms with Crippen molar-refractivity contribution in [2.45, 2.75) is 6.92 Å². The average molecular weight is 235 g/mol. The lowest BCUT2D eigenvalue weighted by atomic mass is 10.1. The van der Waals surface area contributed by atoms with Crippen LogP contribution in [0.4, 0.5) is 5.69 Å². The number of hydrogen-bond acceptors (Lipinski definition) is 3. The van der Waals surface area contributed by atoms with Crippen molar-refractivity contribution in [3.05, 3.63) is 47.2 Å². The zero-order valence-electron chi connectivity index (χ0n) is 8.76. The molecule has 2 rings (SSSR count). The molecule has 0 aliphatic carbocycles. The molecule has 5 heteroatoms. The fourth-order valence-electron chi connectivity index (χ4n) is 1.37. The van der Waals surface area contributed by atoms with Gasteiger partial charge in [0, 0.05) is 16.3 Å². The molecule has 0 saturated heterocycles. The number of nitrogen functional groups attached to an aromatic ring is 1. The number of hydrogen-bond donors (Lipinski definition) is 1. The van der Waals surface area contributed by atoms with Gasteiger partial charge in [-0.25, -0.2) is 0 Å². The highest BCUT2D eigenvalue weighted by Gasteiger charge is 2.04. The van der Waals surface area contributed by atoms with Crippen LogP contribution < -0.4 is 5.73 Å². The van der Waals surface area contributed by atoms with Gasteiger partial charge in [-0.2, -0.15) is 15.0 Å². The topological polar surface area (TPSA) is 56.2 Å². The number of nitrogens with two attached hydrogens (primary N) is 1. The lowest BCUT2D eigenvalue weighted by molar-refractivity contribution is 0.740. The predicted octanol–water partition coefficient (Wildman–Crippen LogP) is 2.39. The van der Waals surface area contributed by atoms with Crippen molar-refractivity contribution < 1.29 is 0 Å². The Bertz CT molecular complexity index is 517. The third-order valence-electron chi connectivity index (χ3n) is 2.15.